The number of amides is 1. The maximum Gasteiger partial charge on any atom is 0.207 e. The molecule has 1 N–H and O–H groups in total. The molecule has 82 valence electrons. The number of nitrogens with one attached hydrogen (secondary N) is 1. The highest BCUT2D eigenvalue weighted by molar-refractivity contribution is 7.90. The molecule has 1 aliphatic carbocycles. The fourth-order valence-corrected chi connectivity index (χ4v) is 3.56. The van der Waals surface area contributed by atoms with Crippen molar-refractivity contribution in [3.8, 4) is 0 Å². The summed E-state index contributed by atoms with van der Waals surface area (Å²) in [5.41, 5.74) is -0.492. The Morgan fingerprint density at radius 1 is 1.29 bits per heavy atom. The minimum Gasteiger partial charge on any atom is -0.352 e. The molecule has 0 aliphatic heterocycles. The second kappa shape index (κ2) is 4.29. The minimum atomic E-state index is -3.03. The van der Waals surface area contributed by atoms with Crippen molar-refractivity contribution < 1.29 is 13.2 Å². The molecule has 1 fully saturated rings. The number of hydrogen-bond donors (Lipinski definition) is 1. The molecule has 0 unspecified atom stereocenters. The molecule has 0 bridgehead atoms. The van der Waals surface area contributed by atoms with Crippen molar-refractivity contribution >= 4 is 16.2 Å². The molecular formula is C9H17NO3S. The van der Waals surface area contributed by atoms with Crippen molar-refractivity contribution in [2.45, 2.75) is 37.6 Å². The molecule has 0 atom stereocenters. The highest BCUT2D eigenvalue weighted by Gasteiger charge is 2.34. The van der Waals surface area contributed by atoms with Gasteiger partial charge < -0.3 is 5.32 Å². The third kappa shape index (κ3) is 3.29. The fourth-order valence-electron chi connectivity index (χ4n) is 2.19. The van der Waals surface area contributed by atoms with Gasteiger partial charge in [0.15, 0.2) is 0 Å². The van der Waals surface area contributed by atoms with Crippen molar-refractivity contribution in [2.24, 2.45) is 0 Å². The molecule has 0 spiro atoms. The Morgan fingerprint density at radius 3 is 2.29 bits per heavy atom. The van der Waals surface area contributed by atoms with Crippen LogP contribution in [0.2, 0.25) is 0 Å². The van der Waals surface area contributed by atoms with Crippen molar-refractivity contribution in [3.05, 3.63) is 0 Å². The largest absolute Gasteiger partial charge is 0.352 e. The van der Waals surface area contributed by atoms with Gasteiger partial charge in [0.2, 0.25) is 6.41 Å². The number of rotatable bonds is 4. The van der Waals surface area contributed by atoms with Crippen LogP contribution in [0.4, 0.5) is 0 Å². The van der Waals surface area contributed by atoms with E-state index in [-0.39, 0.29) is 5.75 Å². The number of carbonyl (C=O) groups is 1. The monoisotopic (exact) mass is 219 g/mol. The minimum absolute atomic E-state index is 0.0682. The summed E-state index contributed by atoms with van der Waals surface area (Å²) in [6.07, 6.45) is 6.52. The van der Waals surface area contributed by atoms with E-state index >= 15 is 0 Å². The molecule has 14 heavy (non-hydrogen) atoms. The van der Waals surface area contributed by atoms with Gasteiger partial charge in [-0.3, -0.25) is 4.79 Å². The Labute approximate surface area is 85.0 Å². The first-order valence-electron chi connectivity index (χ1n) is 4.87. The van der Waals surface area contributed by atoms with E-state index in [1.165, 1.54) is 6.26 Å². The van der Waals surface area contributed by atoms with Crippen LogP contribution in [0.15, 0.2) is 0 Å². The summed E-state index contributed by atoms with van der Waals surface area (Å²) in [5.74, 6) is 0.0682. The summed E-state index contributed by atoms with van der Waals surface area (Å²) < 4.78 is 22.4. The van der Waals surface area contributed by atoms with E-state index < -0.39 is 15.4 Å². The van der Waals surface area contributed by atoms with E-state index in [1.807, 2.05) is 0 Å². The van der Waals surface area contributed by atoms with Crippen molar-refractivity contribution in [1.29, 1.82) is 0 Å². The lowest BCUT2D eigenvalue weighted by Gasteiger charge is -2.36. The van der Waals surface area contributed by atoms with Crippen LogP contribution < -0.4 is 5.32 Å². The van der Waals surface area contributed by atoms with Crippen LogP contribution in [-0.2, 0) is 14.6 Å². The molecule has 0 radical (unpaired) electrons. The number of carbonyl (C=O) groups excluding carboxylic acids is 1. The summed E-state index contributed by atoms with van der Waals surface area (Å²) in [6, 6.07) is 0. The molecule has 0 aromatic heterocycles. The summed E-state index contributed by atoms with van der Waals surface area (Å²) in [6.45, 7) is 0. The van der Waals surface area contributed by atoms with E-state index in [4.69, 9.17) is 0 Å². The summed E-state index contributed by atoms with van der Waals surface area (Å²) in [4.78, 5) is 10.5. The first-order chi connectivity index (χ1) is 6.47. The second-order valence-electron chi connectivity index (χ2n) is 4.17. The Balaban J connectivity index is 2.74. The lowest BCUT2D eigenvalue weighted by atomic mass is 9.83. The van der Waals surface area contributed by atoms with E-state index in [2.05, 4.69) is 5.32 Å². The third-order valence-electron chi connectivity index (χ3n) is 2.71. The van der Waals surface area contributed by atoms with Gasteiger partial charge in [-0.15, -0.1) is 0 Å². The van der Waals surface area contributed by atoms with Crippen LogP contribution in [0.5, 0.6) is 0 Å². The fraction of sp³-hybridized carbons (Fsp3) is 0.889. The van der Waals surface area contributed by atoms with Crippen molar-refractivity contribution in [3.63, 3.8) is 0 Å². The third-order valence-corrected chi connectivity index (χ3v) is 3.79. The lowest BCUT2D eigenvalue weighted by molar-refractivity contribution is -0.111. The van der Waals surface area contributed by atoms with Crippen LogP contribution in [-0.4, -0.2) is 32.4 Å². The van der Waals surface area contributed by atoms with Gasteiger partial charge in [-0.2, -0.15) is 0 Å². The molecule has 0 heterocycles. The van der Waals surface area contributed by atoms with Crippen molar-refractivity contribution in [2.75, 3.05) is 12.0 Å². The Bertz CT molecular complexity index is 291. The zero-order chi connectivity index (χ0) is 10.7. The van der Waals surface area contributed by atoms with E-state index in [1.54, 1.807) is 0 Å². The number of hydrogen-bond acceptors (Lipinski definition) is 3. The summed E-state index contributed by atoms with van der Waals surface area (Å²) in [7, 11) is -3.03. The van der Waals surface area contributed by atoms with Gasteiger partial charge in [-0.05, 0) is 12.8 Å². The maximum atomic E-state index is 11.2. The first-order valence-corrected chi connectivity index (χ1v) is 6.93. The molecular weight excluding hydrogens is 202 g/mol. The summed E-state index contributed by atoms with van der Waals surface area (Å²) in [5, 5.41) is 2.69. The van der Waals surface area contributed by atoms with Crippen LogP contribution in [0.1, 0.15) is 32.1 Å². The smallest absolute Gasteiger partial charge is 0.207 e. The zero-order valence-electron chi connectivity index (χ0n) is 8.45. The maximum absolute atomic E-state index is 11.2. The molecule has 0 aromatic rings. The van der Waals surface area contributed by atoms with Crippen molar-refractivity contribution in [1.82, 2.24) is 5.32 Å². The average molecular weight is 219 g/mol. The molecule has 1 aliphatic rings. The van der Waals surface area contributed by atoms with Crippen LogP contribution >= 0.6 is 0 Å². The molecule has 1 rings (SSSR count). The molecule has 0 saturated heterocycles. The van der Waals surface area contributed by atoms with Crippen LogP contribution in [0.3, 0.4) is 0 Å². The van der Waals surface area contributed by atoms with Crippen LogP contribution in [0, 0.1) is 0 Å². The average Bonchev–Trinajstić information content (AvgIpc) is 2.02. The summed E-state index contributed by atoms with van der Waals surface area (Å²) >= 11 is 0. The van der Waals surface area contributed by atoms with E-state index in [0.29, 0.717) is 6.41 Å². The Hall–Kier alpha value is -0.580. The van der Waals surface area contributed by atoms with Gasteiger partial charge >= 0.3 is 0 Å². The lowest BCUT2D eigenvalue weighted by Crippen LogP contribution is -2.51. The normalized spacial score (nSPS) is 21.5. The van der Waals surface area contributed by atoms with Gasteiger partial charge in [0.1, 0.15) is 9.84 Å². The predicted molar refractivity (Wildman–Crippen MR) is 54.7 cm³/mol. The molecule has 1 amide bonds. The Kier molecular flexibility index (Phi) is 3.53. The quantitative estimate of drug-likeness (QED) is 0.699. The molecule has 0 aromatic carbocycles. The highest BCUT2D eigenvalue weighted by Crippen LogP contribution is 2.28. The van der Waals surface area contributed by atoms with Gasteiger partial charge in [0.05, 0.1) is 11.3 Å². The van der Waals surface area contributed by atoms with E-state index in [0.717, 1.165) is 32.1 Å². The Morgan fingerprint density at radius 2 is 1.86 bits per heavy atom. The SMILES string of the molecule is CS(=O)(=O)CC1(NC=O)CCCCC1. The van der Waals surface area contributed by atoms with Crippen LogP contribution in [0.25, 0.3) is 0 Å². The van der Waals surface area contributed by atoms with Gasteiger partial charge in [-0.25, -0.2) is 8.42 Å². The standard InChI is InChI=1S/C9H17NO3S/c1-14(12,13)7-9(10-8-11)5-3-2-4-6-9/h8H,2-7H2,1H3,(H,10,11). The second-order valence-corrected chi connectivity index (χ2v) is 6.31. The molecule has 1 saturated carbocycles. The predicted octanol–water partition coefficient (Wildman–Crippen LogP) is 0.480. The highest BCUT2D eigenvalue weighted by atomic mass is 32.2. The first kappa shape index (κ1) is 11.5. The molecule has 5 heteroatoms. The topological polar surface area (TPSA) is 63.2 Å². The van der Waals surface area contributed by atoms with Gasteiger partial charge in [0.25, 0.3) is 0 Å². The molecule has 4 nitrogen and oxygen atoms in total. The zero-order valence-corrected chi connectivity index (χ0v) is 9.27. The number of sulfone groups is 1. The van der Waals surface area contributed by atoms with Gasteiger partial charge in [0, 0.05) is 6.26 Å². The van der Waals surface area contributed by atoms with E-state index in [9.17, 15) is 13.2 Å². The van der Waals surface area contributed by atoms with Gasteiger partial charge in [-0.1, -0.05) is 19.3 Å².